The second kappa shape index (κ2) is 5.16. The first-order chi connectivity index (χ1) is 7.86. The lowest BCUT2D eigenvalue weighted by molar-refractivity contribution is 0.0715. The van der Waals surface area contributed by atoms with E-state index in [2.05, 4.69) is 18.8 Å². The van der Waals surface area contributed by atoms with E-state index in [1.807, 2.05) is 26.1 Å². The van der Waals surface area contributed by atoms with Gasteiger partial charge < -0.3 is 0 Å². The minimum Gasteiger partial charge on any atom is -0.264 e. The number of fused-ring (bicyclic) bond motifs is 1. The van der Waals surface area contributed by atoms with Gasteiger partial charge >= 0.3 is 0 Å². The highest BCUT2D eigenvalue weighted by molar-refractivity contribution is 5.36. The Kier molecular flexibility index (Phi) is 4.29. The highest BCUT2D eigenvalue weighted by atomic mass is 19.1. The zero-order chi connectivity index (χ0) is 13.1. The van der Waals surface area contributed by atoms with Crippen LogP contribution in [0.25, 0.3) is 0 Å². The zero-order valence-corrected chi connectivity index (χ0v) is 11.7. The van der Waals surface area contributed by atoms with Crippen molar-refractivity contribution in [1.29, 1.82) is 0 Å². The topological polar surface area (TPSA) is 12.9 Å². The van der Waals surface area contributed by atoms with Crippen molar-refractivity contribution in [2.24, 2.45) is 0 Å². The highest BCUT2D eigenvalue weighted by Gasteiger charge is 2.46. The summed E-state index contributed by atoms with van der Waals surface area (Å²) in [5.41, 5.74) is 0.772. The van der Waals surface area contributed by atoms with Crippen LogP contribution in [-0.2, 0) is 11.8 Å². The molecule has 1 aliphatic carbocycles. The van der Waals surface area contributed by atoms with Gasteiger partial charge in [-0.15, -0.1) is 0 Å². The molecule has 0 spiro atoms. The maximum atomic E-state index is 14.3. The Hall–Kier alpha value is -0.920. The lowest BCUT2D eigenvalue weighted by Crippen LogP contribution is -2.45. The number of hydrogen-bond acceptors (Lipinski definition) is 1. The van der Waals surface area contributed by atoms with Crippen LogP contribution in [0.5, 0.6) is 0 Å². The van der Waals surface area contributed by atoms with Crippen LogP contribution in [0.3, 0.4) is 0 Å². The first-order valence-electron chi connectivity index (χ1n) is 6.49. The van der Waals surface area contributed by atoms with E-state index in [0.29, 0.717) is 6.42 Å². The summed E-state index contributed by atoms with van der Waals surface area (Å²) in [4.78, 5) is 4.09. The molecule has 0 amide bonds. The number of hydrogen-bond donors (Lipinski definition) is 0. The lowest BCUT2D eigenvalue weighted by Gasteiger charge is -2.43. The standard InChI is InChI=1S/C12H16FN.C3H8/c1-11(2)10-8-14-7-5-9(10)4-6-12(11,3)13;1-3-2/h5,7-8H,4,6H2,1-3H3;3H2,1-2H3. The van der Waals surface area contributed by atoms with Gasteiger partial charge in [-0.3, -0.25) is 4.98 Å². The predicted molar refractivity (Wildman–Crippen MR) is 71.1 cm³/mol. The molecule has 17 heavy (non-hydrogen) atoms. The fraction of sp³-hybridized carbons (Fsp3) is 0.667. The monoisotopic (exact) mass is 237 g/mol. The molecule has 2 heteroatoms. The third kappa shape index (κ3) is 2.67. The Labute approximate surface area is 104 Å². The van der Waals surface area contributed by atoms with Crippen molar-refractivity contribution >= 4 is 0 Å². The molecule has 1 aromatic heterocycles. The summed E-state index contributed by atoms with van der Waals surface area (Å²) in [6.07, 6.45) is 6.29. The maximum absolute atomic E-state index is 14.3. The average molecular weight is 237 g/mol. The number of pyridine rings is 1. The van der Waals surface area contributed by atoms with Crippen LogP contribution in [0.2, 0.25) is 0 Å². The van der Waals surface area contributed by atoms with Crippen LogP contribution in [-0.4, -0.2) is 10.7 Å². The summed E-state index contributed by atoms with van der Waals surface area (Å²) < 4.78 is 14.3. The fourth-order valence-electron chi connectivity index (χ4n) is 2.17. The van der Waals surface area contributed by atoms with Gasteiger partial charge in [-0.25, -0.2) is 4.39 Å². The molecule has 1 atom stereocenters. The average Bonchev–Trinajstić information content (AvgIpc) is 2.26. The van der Waals surface area contributed by atoms with E-state index in [4.69, 9.17) is 0 Å². The van der Waals surface area contributed by atoms with Crippen molar-refractivity contribution in [1.82, 2.24) is 4.98 Å². The molecular formula is C15H24FN. The Morgan fingerprint density at radius 1 is 1.29 bits per heavy atom. The Morgan fingerprint density at radius 2 is 1.88 bits per heavy atom. The van der Waals surface area contributed by atoms with Crippen molar-refractivity contribution in [3.05, 3.63) is 29.6 Å². The summed E-state index contributed by atoms with van der Waals surface area (Å²) in [5.74, 6) is 0. The van der Waals surface area contributed by atoms with Gasteiger partial charge in [0.2, 0.25) is 0 Å². The highest BCUT2D eigenvalue weighted by Crippen LogP contribution is 2.45. The van der Waals surface area contributed by atoms with Gasteiger partial charge in [0.25, 0.3) is 0 Å². The predicted octanol–water partition coefficient (Wildman–Crippen LogP) is 4.45. The second-order valence-corrected chi connectivity index (χ2v) is 5.56. The van der Waals surface area contributed by atoms with E-state index in [1.165, 1.54) is 12.0 Å². The van der Waals surface area contributed by atoms with Crippen molar-refractivity contribution in [3.63, 3.8) is 0 Å². The van der Waals surface area contributed by atoms with Crippen molar-refractivity contribution < 1.29 is 4.39 Å². The minimum atomic E-state index is -1.12. The number of aryl methyl sites for hydroxylation is 1. The molecule has 0 saturated heterocycles. The van der Waals surface area contributed by atoms with E-state index in [9.17, 15) is 4.39 Å². The van der Waals surface area contributed by atoms with E-state index in [1.54, 1.807) is 13.1 Å². The number of rotatable bonds is 0. The summed E-state index contributed by atoms with van der Waals surface area (Å²) in [6.45, 7) is 9.88. The van der Waals surface area contributed by atoms with Crippen LogP contribution in [0.1, 0.15) is 58.6 Å². The summed E-state index contributed by atoms with van der Waals surface area (Å²) in [6, 6.07) is 2.01. The molecule has 0 bridgehead atoms. The number of halogens is 1. The van der Waals surface area contributed by atoms with Crippen LogP contribution in [0.15, 0.2) is 18.5 Å². The van der Waals surface area contributed by atoms with E-state index in [-0.39, 0.29) is 0 Å². The number of nitrogens with zero attached hydrogens (tertiary/aromatic N) is 1. The molecule has 0 aliphatic heterocycles. The molecular weight excluding hydrogens is 213 g/mol. The Morgan fingerprint density at radius 3 is 2.47 bits per heavy atom. The molecule has 1 unspecified atom stereocenters. The Balaban J connectivity index is 0.000000437. The normalized spacial score (nSPS) is 25.5. The van der Waals surface area contributed by atoms with E-state index >= 15 is 0 Å². The van der Waals surface area contributed by atoms with Crippen molar-refractivity contribution in [2.45, 2.75) is 65.0 Å². The van der Waals surface area contributed by atoms with Crippen molar-refractivity contribution in [2.75, 3.05) is 0 Å². The van der Waals surface area contributed by atoms with Gasteiger partial charge in [0, 0.05) is 17.8 Å². The third-order valence-electron chi connectivity index (χ3n) is 3.75. The van der Waals surface area contributed by atoms with Gasteiger partial charge in [-0.1, -0.05) is 34.1 Å². The molecule has 0 aromatic carbocycles. The second-order valence-electron chi connectivity index (χ2n) is 5.56. The summed E-state index contributed by atoms with van der Waals surface area (Å²) in [5, 5.41) is 0. The summed E-state index contributed by atoms with van der Waals surface area (Å²) in [7, 11) is 0. The number of aromatic nitrogens is 1. The maximum Gasteiger partial charge on any atom is 0.117 e. The largest absolute Gasteiger partial charge is 0.264 e. The van der Waals surface area contributed by atoms with Crippen LogP contribution >= 0.6 is 0 Å². The lowest BCUT2D eigenvalue weighted by atomic mass is 9.65. The molecule has 1 aliphatic rings. The van der Waals surface area contributed by atoms with Gasteiger partial charge in [0.15, 0.2) is 0 Å². The van der Waals surface area contributed by atoms with Crippen LogP contribution in [0, 0.1) is 0 Å². The van der Waals surface area contributed by atoms with E-state index < -0.39 is 11.1 Å². The molecule has 1 nitrogen and oxygen atoms in total. The SMILES string of the molecule is CC1(F)CCc2ccncc2C1(C)C.CCC. The van der Waals surface area contributed by atoms with E-state index in [0.717, 1.165) is 12.0 Å². The first-order valence-corrected chi connectivity index (χ1v) is 6.49. The first kappa shape index (κ1) is 14.1. The molecule has 1 aromatic rings. The van der Waals surface area contributed by atoms with Crippen LogP contribution in [0.4, 0.5) is 4.39 Å². The van der Waals surface area contributed by atoms with Gasteiger partial charge in [-0.05, 0) is 37.0 Å². The molecule has 2 rings (SSSR count). The van der Waals surface area contributed by atoms with Gasteiger partial charge in [0.05, 0.1) is 0 Å². The van der Waals surface area contributed by atoms with Gasteiger partial charge in [-0.2, -0.15) is 0 Å². The Bertz CT molecular complexity index is 369. The van der Waals surface area contributed by atoms with Crippen molar-refractivity contribution in [3.8, 4) is 0 Å². The minimum absolute atomic E-state index is 0.422. The zero-order valence-electron chi connectivity index (χ0n) is 11.7. The molecule has 0 fully saturated rings. The molecule has 96 valence electrons. The summed E-state index contributed by atoms with van der Waals surface area (Å²) >= 11 is 0. The fourth-order valence-corrected chi connectivity index (χ4v) is 2.17. The van der Waals surface area contributed by atoms with Gasteiger partial charge in [0.1, 0.15) is 5.67 Å². The smallest absolute Gasteiger partial charge is 0.117 e. The van der Waals surface area contributed by atoms with Crippen LogP contribution < -0.4 is 0 Å². The number of alkyl halides is 1. The molecule has 0 N–H and O–H groups in total. The molecule has 0 radical (unpaired) electrons. The molecule has 1 heterocycles. The molecule has 0 saturated carbocycles. The third-order valence-corrected chi connectivity index (χ3v) is 3.75. The quantitative estimate of drug-likeness (QED) is 0.649.